The zero-order valence-electron chi connectivity index (χ0n) is 11.5. The number of hydrogen-bond acceptors (Lipinski definition) is 4. The van der Waals surface area contributed by atoms with Gasteiger partial charge >= 0.3 is 0 Å². The number of amides is 1. The van der Waals surface area contributed by atoms with E-state index in [1.54, 1.807) is 12.3 Å². The Balaban J connectivity index is 1.54. The Kier molecular flexibility index (Phi) is 3.12. The lowest BCUT2D eigenvalue weighted by atomic mass is 9.84. The van der Waals surface area contributed by atoms with Gasteiger partial charge in [-0.3, -0.25) is 4.79 Å². The number of halogens is 1. The SMILES string of the molecule is O=C(N[C@@H]1CN2CCC1CC2)c1cc2c(Cl)coc2cn1. The van der Waals surface area contributed by atoms with Crippen molar-refractivity contribution in [3.8, 4) is 0 Å². The highest BCUT2D eigenvalue weighted by Gasteiger charge is 2.35. The number of fused-ring (bicyclic) bond motifs is 4. The highest BCUT2D eigenvalue weighted by atomic mass is 35.5. The number of carbonyl (C=O) groups excluding carboxylic acids is 1. The fraction of sp³-hybridized carbons (Fsp3) is 0.467. The molecule has 2 aromatic heterocycles. The predicted octanol–water partition coefficient (Wildman–Crippen LogP) is 2.31. The van der Waals surface area contributed by atoms with Gasteiger partial charge in [0.2, 0.25) is 0 Å². The molecule has 1 atom stereocenters. The Morgan fingerprint density at radius 3 is 2.95 bits per heavy atom. The highest BCUT2D eigenvalue weighted by Crippen LogP contribution is 2.28. The van der Waals surface area contributed by atoms with E-state index in [2.05, 4.69) is 15.2 Å². The molecule has 3 aliphatic rings. The van der Waals surface area contributed by atoms with E-state index in [1.807, 2.05) is 0 Å². The van der Waals surface area contributed by atoms with Crippen LogP contribution in [-0.2, 0) is 0 Å². The quantitative estimate of drug-likeness (QED) is 0.925. The molecule has 0 unspecified atom stereocenters. The zero-order chi connectivity index (χ0) is 14.4. The van der Waals surface area contributed by atoms with E-state index < -0.39 is 0 Å². The van der Waals surface area contributed by atoms with Crippen LogP contribution in [0.4, 0.5) is 0 Å². The average Bonchev–Trinajstić information content (AvgIpc) is 2.89. The molecule has 0 radical (unpaired) electrons. The molecule has 21 heavy (non-hydrogen) atoms. The fourth-order valence-electron chi connectivity index (χ4n) is 3.40. The Labute approximate surface area is 127 Å². The number of rotatable bonds is 2. The summed E-state index contributed by atoms with van der Waals surface area (Å²) in [6, 6.07) is 1.93. The topological polar surface area (TPSA) is 58.4 Å². The minimum atomic E-state index is -0.132. The summed E-state index contributed by atoms with van der Waals surface area (Å²) >= 11 is 6.03. The first kappa shape index (κ1) is 13.1. The number of pyridine rings is 1. The van der Waals surface area contributed by atoms with Gasteiger partial charge in [0.25, 0.3) is 5.91 Å². The molecule has 6 heteroatoms. The van der Waals surface area contributed by atoms with Crippen molar-refractivity contribution >= 4 is 28.5 Å². The van der Waals surface area contributed by atoms with Crippen molar-refractivity contribution in [3.63, 3.8) is 0 Å². The van der Waals surface area contributed by atoms with E-state index >= 15 is 0 Å². The number of nitrogens with zero attached hydrogens (tertiary/aromatic N) is 2. The first-order valence-corrected chi connectivity index (χ1v) is 7.64. The first-order valence-electron chi connectivity index (χ1n) is 7.26. The summed E-state index contributed by atoms with van der Waals surface area (Å²) < 4.78 is 5.24. The number of aromatic nitrogens is 1. The van der Waals surface area contributed by atoms with Crippen LogP contribution in [-0.4, -0.2) is 41.5 Å². The second kappa shape index (κ2) is 5.00. The van der Waals surface area contributed by atoms with Crippen LogP contribution in [0.25, 0.3) is 11.0 Å². The lowest BCUT2D eigenvalue weighted by molar-refractivity contribution is 0.0618. The predicted molar refractivity (Wildman–Crippen MR) is 79.4 cm³/mol. The Morgan fingerprint density at radius 2 is 2.24 bits per heavy atom. The third kappa shape index (κ3) is 2.30. The molecule has 1 amide bonds. The smallest absolute Gasteiger partial charge is 0.270 e. The normalized spacial score (nSPS) is 28.0. The molecule has 2 bridgehead atoms. The highest BCUT2D eigenvalue weighted by molar-refractivity contribution is 6.35. The summed E-state index contributed by atoms with van der Waals surface area (Å²) in [5.74, 6) is 0.466. The van der Waals surface area contributed by atoms with Crippen molar-refractivity contribution in [1.29, 1.82) is 0 Å². The number of nitrogens with one attached hydrogen (secondary N) is 1. The van der Waals surface area contributed by atoms with E-state index in [0.29, 0.717) is 22.2 Å². The van der Waals surface area contributed by atoms with Crippen molar-refractivity contribution in [1.82, 2.24) is 15.2 Å². The molecule has 2 aromatic rings. The summed E-state index contributed by atoms with van der Waals surface area (Å²) in [7, 11) is 0. The molecule has 1 N–H and O–H groups in total. The van der Waals surface area contributed by atoms with Crippen molar-refractivity contribution in [2.45, 2.75) is 18.9 Å². The Bertz CT molecular complexity index is 691. The van der Waals surface area contributed by atoms with Gasteiger partial charge in [-0.05, 0) is 37.9 Å². The van der Waals surface area contributed by atoms with Gasteiger partial charge in [0, 0.05) is 18.0 Å². The van der Waals surface area contributed by atoms with E-state index in [4.69, 9.17) is 16.0 Å². The standard InChI is InChI=1S/C15H16ClN3O2/c16-11-8-21-14-6-17-12(5-10(11)14)15(20)18-13-7-19-3-1-9(13)2-4-19/h5-6,8-9,13H,1-4,7H2,(H,18,20)/t13-/m1/s1. The van der Waals surface area contributed by atoms with Crippen LogP contribution in [0.2, 0.25) is 5.02 Å². The maximum atomic E-state index is 12.4. The van der Waals surface area contributed by atoms with Crippen LogP contribution in [0.15, 0.2) is 22.9 Å². The third-order valence-electron chi connectivity index (χ3n) is 4.62. The minimum Gasteiger partial charge on any atom is -0.461 e. The molecule has 5 nitrogen and oxygen atoms in total. The van der Waals surface area contributed by atoms with E-state index in [0.717, 1.165) is 25.0 Å². The van der Waals surface area contributed by atoms with Gasteiger partial charge in [-0.25, -0.2) is 4.98 Å². The number of piperidine rings is 3. The van der Waals surface area contributed by atoms with Gasteiger partial charge in [0.05, 0.1) is 11.2 Å². The molecule has 0 spiro atoms. The summed E-state index contributed by atoms with van der Waals surface area (Å²) in [6.07, 6.45) is 5.35. The molecule has 5 rings (SSSR count). The van der Waals surface area contributed by atoms with Crippen molar-refractivity contribution in [3.05, 3.63) is 29.2 Å². The van der Waals surface area contributed by atoms with Crippen LogP contribution < -0.4 is 5.32 Å². The van der Waals surface area contributed by atoms with Crippen molar-refractivity contribution in [2.24, 2.45) is 5.92 Å². The largest absolute Gasteiger partial charge is 0.461 e. The molecule has 0 saturated carbocycles. The van der Waals surface area contributed by atoms with Crippen LogP contribution in [0.3, 0.4) is 0 Å². The summed E-state index contributed by atoms with van der Waals surface area (Å²) in [5, 5.41) is 4.36. The number of hydrogen-bond donors (Lipinski definition) is 1. The second-order valence-electron chi connectivity index (χ2n) is 5.87. The molecule has 3 fully saturated rings. The molecule has 3 saturated heterocycles. The lowest BCUT2D eigenvalue weighted by Gasteiger charge is -2.44. The summed E-state index contributed by atoms with van der Waals surface area (Å²) in [5.41, 5.74) is 0.988. The molecule has 0 aromatic carbocycles. The Hall–Kier alpha value is -1.59. The van der Waals surface area contributed by atoms with Crippen LogP contribution in [0.1, 0.15) is 23.3 Å². The van der Waals surface area contributed by atoms with Crippen molar-refractivity contribution in [2.75, 3.05) is 19.6 Å². The van der Waals surface area contributed by atoms with Gasteiger partial charge < -0.3 is 14.6 Å². The zero-order valence-corrected chi connectivity index (χ0v) is 12.3. The summed E-state index contributed by atoms with van der Waals surface area (Å²) in [6.45, 7) is 3.27. The molecule has 3 aliphatic heterocycles. The molecular weight excluding hydrogens is 290 g/mol. The summed E-state index contributed by atoms with van der Waals surface area (Å²) in [4.78, 5) is 19.0. The molecule has 5 heterocycles. The van der Waals surface area contributed by atoms with Crippen LogP contribution in [0, 0.1) is 5.92 Å². The van der Waals surface area contributed by atoms with Gasteiger partial charge in [0.1, 0.15) is 12.0 Å². The second-order valence-corrected chi connectivity index (χ2v) is 6.27. The number of furan rings is 1. The van der Waals surface area contributed by atoms with Crippen molar-refractivity contribution < 1.29 is 9.21 Å². The monoisotopic (exact) mass is 305 g/mol. The average molecular weight is 306 g/mol. The van der Waals surface area contributed by atoms with Gasteiger partial charge in [0.15, 0.2) is 5.58 Å². The van der Waals surface area contributed by atoms with Gasteiger partial charge in [-0.2, -0.15) is 0 Å². The molecule has 0 aliphatic carbocycles. The third-order valence-corrected chi connectivity index (χ3v) is 4.91. The van der Waals surface area contributed by atoms with Gasteiger partial charge in [-0.1, -0.05) is 11.6 Å². The van der Waals surface area contributed by atoms with E-state index in [9.17, 15) is 4.79 Å². The molecule has 110 valence electrons. The lowest BCUT2D eigenvalue weighted by Crippen LogP contribution is -2.57. The minimum absolute atomic E-state index is 0.132. The van der Waals surface area contributed by atoms with E-state index in [-0.39, 0.29) is 11.9 Å². The van der Waals surface area contributed by atoms with Gasteiger partial charge in [-0.15, -0.1) is 0 Å². The molecular formula is C15H16ClN3O2. The van der Waals surface area contributed by atoms with Crippen LogP contribution >= 0.6 is 11.6 Å². The van der Waals surface area contributed by atoms with E-state index in [1.165, 1.54) is 19.1 Å². The maximum Gasteiger partial charge on any atom is 0.270 e. The Morgan fingerprint density at radius 1 is 1.43 bits per heavy atom. The number of carbonyl (C=O) groups is 1. The first-order chi connectivity index (χ1) is 10.2. The fourth-order valence-corrected chi connectivity index (χ4v) is 3.59. The maximum absolute atomic E-state index is 12.4. The van der Waals surface area contributed by atoms with Crippen LogP contribution in [0.5, 0.6) is 0 Å².